The van der Waals surface area contributed by atoms with Gasteiger partial charge in [-0.1, -0.05) is 12.1 Å². The number of nitrogens with zero attached hydrogens (tertiary/aromatic N) is 1. The van der Waals surface area contributed by atoms with E-state index in [1.807, 2.05) is 14.1 Å². The maximum Gasteiger partial charge on any atom is 0.335 e. The van der Waals surface area contributed by atoms with Crippen molar-refractivity contribution in [3.05, 3.63) is 35.4 Å². The number of carboxylic acid groups (broad SMARTS) is 1. The second-order valence-corrected chi connectivity index (χ2v) is 6.10. The molecular formula is C16H22N2O3. The number of aromatic carboxylic acids is 1. The maximum absolute atomic E-state index is 12.2. The van der Waals surface area contributed by atoms with Gasteiger partial charge in [0.2, 0.25) is 5.91 Å². The molecule has 1 saturated carbocycles. The normalized spacial score (nSPS) is 16.3. The Morgan fingerprint density at radius 3 is 2.57 bits per heavy atom. The summed E-state index contributed by atoms with van der Waals surface area (Å²) in [5.74, 6) is -1.01. The molecule has 0 heterocycles. The van der Waals surface area contributed by atoms with E-state index < -0.39 is 5.97 Å². The molecule has 1 aromatic carbocycles. The fourth-order valence-electron chi connectivity index (χ4n) is 2.87. The molecule has 0 atom stereocenters. The third-order valence-corrected chi connectivity index (χ3v) is 3.87. The van der Waals surface area contributed by atoms with Crippen molar-refractivity contribution < 1.29 is 14.7 Å². The van der Waals surface area contributed by atoms with E-state index in [0.29, 0.717) is 0 Å². The molecule has 1 aliphatic rings. The summed E-state index contributed by atoms with van der Waals surface area (Å²) >= 11 is 0. The number of carbonyl (C=O) groups excluding carboxylic acids is 1. The molecule has 1 aromatic rings. The van der Waals surface area contributed by atoms with Crippen molar-refractivity contribution in [3.8, 4) is 0 Å². The van der Waals surface area contributed by atoms with Crippen LogP contribution in [0.25, 0.3) is 0 Å². The van der Waals surface area contributed by atoms with E-state index in [-0.39, 0.29) is 23.4 Å². The molecule has 1 amide bonds. The summed E-state index contributed by atoms with van der Waals surface area (Å²) in [4.78, 5) is 25.2. The van der Waals surface area contributed by atoms with Gasteiger partial charge in [-0.2, -0.15) is 0 Å². The van der Waals surface area contributed by atoms with Gasteiger partial charge in [0.1, 0.15) is 0 Å². The number of carboxylic acids is 1. The average molecular weight is 290 g/mol. The van der Waals surface area contributed by atoms with Crippen LogP contribution < -0.4 is 5.32 Å². The number of nitrogens with one attached hydrogen (secondary N) is 1. The number of hydrogen-bond donors (Lipinski definition) is 2. The number of rotatable bonds is 6. The van der Waals surface area contributed by atoms with Crippen LogP contribution in [0.15, 0.2) is 24.3 Å². The summed E-state index contributed by atoms with van der Waals surface area (Å²) in [6.45, 7) is 0.841. The molecule has 1 fully saturated rings. The molecule has 5 heteroatoms. The number of likely N-dealkylation sites (N-methyl/N-ethyl adjacent to an activating group) is 1. The molecule has 0 aliphatic heterocycles. The van der Waals surface area contributed by atoms with E-state index in [9.17, 15) is 9.59 Å². The largest absolute Gasteiger partial charge is 0.478 e. The Balaban J connectivity index is 1.98. The average Bonchev–Trinajstić information content (AvgIpc) is 2.35. The van der Waals surface area contributed by atoms with Crippen LogP contribution in [0.5, 0.6) is 0 Å². The lowest BCUT2D eigenvalue weighted by atomic mass is 9.76. The summed E-state index contributed by atoms with van der Waals surface area (Å²) in [5.41, 5.74) is 0.837. The van der Waals surface area contributed by atoms with Crippen LogP contribution in [-0.2, 0) is 11.2 Å². The Bertz CT molecular complexity index is 536. The van der Waals surface area contributed by atoms with Crippen molar-refractivity contribution in [1.29, 1.82) is 0 Å². The third kappa shape index (κ3) is 4.04. The lowest BCUT2D eigenvalue weighted by Gasteiger charge is -2.44. The first kappa shape index (κ1) is 15.5. The minimum atomic E-state index is -0.972. The lowest BCUT2D eigenvalue weighted by molar-refractivity contribution is -0.123. The quantitative estimate of drug-likeness (QED) is 0.833. The van der Waals surface area contributed by atoms with Crippen molar-refractivity contribution in [1.82, 2.24) is 10.2 Å². The zero-order valence-corrected chi connectivity index (χ0v) is 12.6. The Morgan fingerprint density at radius 2 is 2.05 bits per heavy atom. The van der Waals surface area contributed by atoms with Crippen molar-refractivity contribution >= 4 is 11.9 Å². The van der Waals surface area contributed by atoms with Crippen LogP contribution in [0.3, 0.4) is 0 Å². The molecule has 0 unspecified atom stereocenters. The van der Waals surface area contributed by atoms with Gasteiger partial charge in [-0.15, -0.1) is 0 Å². The minimum absolute atomic E-state index is 0.0425. The van der Waals surface area contributed by atoms with Gasteiger partial charge >= 0.3 is 5.97 Å². The van der Waals surface area contributed by atoms with Gasteiger partial charge in [0.15, 0.2) is 0 Å². The van der Waals surface area contributed by atoms with Crippen LogP contribution in [-0.4, -0.2) is 48.1 Å². The molecule has 114 valence electrons. The first-order chi connectivity index (χ1) is 9.90. The highest BCUT2D eigenvalue weighted by Crippen LogP contribution is 2.32. The summed E-state index contributed by atoms with van der Waals surface area (Å²) in [5, 5.41) is 12.1. The second kappa shape index (κ2) is 6.26. The number of amides is 1. The summed E-state index contributed by atoms with van der Waals surface area (Å²) < 4.78 is 0. The molecule has 0 bridgehead atoms. The van der Waals surface area contributed by atoms with Crippen LogP contribution in [0.1, 0.15) is 35.2 Å². The Morgan fingerprint density at radius 1 is 1.33 bits per heavy atom. The smallest absolute Gasteiger partial charge is 0.335 e. The van der Waals surface area contributed by atoms with Crippen molar-refractivity contribution in [2.24, 2.45) is 0 Å². The van der Waals surface area contributed by atoms with E-state index in [1.54, 1.807) is 18.2 Å². The number of benzene rings is 1. The molecule has 21 heavy (non-hydrogen) atoms. The zero-order valence-electron chi connectivity index (χ0n) is 12.6. The SMILES string of the molecule is CN(C)CC1(NC(=O)Cc2cccc(C(=O)O)c2)CCC1. The molecule has 0 radical (unpaired) electrons. The fraction of sp³-hybridized carbons (Fsp3) is 0.500. The summed E-state index contributed by atoms with van der Waals surface area (Å²) in [7, 11) is 4.01. The molecule has 0 aromatic heterocycles. The molecule has 1 aliphatic carbocycles. The van der Waals surface area contributed by atoms with Crippen LogP contribution in [0.2, 0.25) is 0 Å². The van der Waals surface area contributed by atoms with Gasteiger partial charge in [-0.3, -0.25) is 4.79 Å². The third-order valence-electron chi connectivity index (χ3n) is 3.87. The van der Waals surface area contributed by atoms with Crippen LogP contribution >= 0.6 is 0 Å². The Kier molecular flexibility index (Phi) is 4.63. The van der Waals surface area contributed by atoms with Crippen molar-refractivity contribution in [3.63, 3.8) is 0 Å². The molecule has 0 saturated heterocycles. The Hall–Kier alpha value is -1.88. The number of hydrogen-bond acceptors (Lipinski definition) is 3. The Labute approximate surface area is 125 Å². The highest BCUT2D eigenvalue weighted by Gasteiger charge is 2.38. The molecule has 2 N–H and O–H groups in total. The van der Waals surface area contributed by atoms with Gasteiger partial charge in [0.25, 0.3) is 0 Å². The molecule has 0 spiro atoms. The minimum Gasteiger partial charge on any atom is -0.478 e. The lowest BCUT2D eigenvalue weighted by Crippen LogP contribution is -2.59. The van der Waals surface area contributed by atoms with E-state index >= 15 is 0 Å². The second-order valence-electron chi connectivity index (χ2n) is 6.10. The van der Waals surface area contributed by atoms with Crippen LogP contribution in [0, 0.1) is 0 Å². The van der Waals surface area contributed by atoms with Crippen LogP contribution in [0.4, 0.5) is 0 Å². The monoisotopic (exact) mass is 290 g/mol. The van der Waals surface area contributed by atoms with Gasteiger partial charge in [-0.05, 0) is 51.1 Å². The molecule has 5 nitrogen and oxygen atoms in total. The first-order valence-corrected chi connectivity index (χ1v) is 7.18. The predicted octanol–water partition coefficient (Wildman–Crippen LogP) is 1.53. The molecular weight excluding hydrogens is 268 g/mol. The summed E-state index contributed by atoms with van der Waals surface area (Å²) in [6.07, 6.45) is 3.37. The highest BCUT2D eigenvalue weighted by molar-refractivity contribution is 5.88. The first-order valence-electron chi connectivity index (χ1n) is 7.18. The number of carbonyl (C=O) groups is 2. The van der Waals surface area contributed by atoms with E-state index in [2.05, 4.69) is 10.2 Å². The molecule has 2 rings (SSSR count). The highest BCUT2D eigenvalue weighted by atomic mass is 16.4. The van der Waals surface area contributed by atoms with Gasteiger partial charge in [0.05, 0.1) is 17.5 Å². The summed E-state index contributed by atoms with van der Waals surface area (Å²) in [6, 6.07) is 6.54. The topological polar surface area (TPSA) is 69.6 Å². The van der Waals surface area contributed by atoms with Crippen molar-refractivity contribution in [2.75, 3.05) is 20.6 Å². The van der Waals surface area contributed by atoms with E-state index in [1.165, 1.54) is 6.07 Å². The zero-order chi connectivity index (χ0) is 15.5. The van der Waals surface area contributed by atoms with E-state index in [4.69, 9.17) is 5.11 Å². The fourth-order valence-corrected chi connectivity index (χ4v) is 2.87. The van der Waals surface area contributed by atoms with Crippen molar-refractivity contribution in [2.45, 2.75) is 31.2 Å². The van der Waals surface area contributed by atoms with Gasteiger partial charge in [-0.25, -0.2) is 4.79 Å². The predicted molar refractivity (Wildman–Crippen MR) is 80.4 cm³/mol. The standard InChI is InChI=1S/C16H22N2O3/c1-18(2)11-16(7-4-8-16)17-14(19)10-12-5-3-6-13(9-12)15(20)21/h3,5-6,9H,4,7-8,10-11H2,1-2H3,(H,17,19)(H,20,21). The van der Waals surface area contributed by atoms with Gasteiger partial charge < -0.3 is 15.3 Å². The van der Waals surface area contributed by atoms with Gasteiger partial charge in [0, 0.05) is 6.54 Å². The maximum atomic E-state index is 12.2. The van der Waals surface area contributed by atoms with E-state index in [0.717, 1.165) is 31.4 Å².